The van der Waals surface area contributed by atoms with Crippen molar-refractivity contribution in [3.05, 3.63) is 35.6 Å². The van der Waals surface area contributed by atoms with E-state index in [9.17, 15) is 17.6 Å². The maximum absolute atomic E-state index is 13.1. The van der Waals surface area contributed by atoms with E-state index in [-0.39, 0.29) is 23.9 Å². The number of carbonyl (C=O) groups excluding carboxylic acids is 1. The second-order valence-electron chi connectivity index (χ2n) is 5.17. The molecule has 1 aromatic rings. The molecular formula is C14H19FN2O4S. The van der Waals surface area contributed by atoms with Crippen LogP contribution in [0.2, 0.25) is 0 Å². The van der Waals surface area contributed by atoms with Crippen molar-refractivity contribution in [1.82, 2.24) is 10.6 Å². The average Bonchev–Trinajstić information content (AvgIpc) is 2.71. The minimum atomic E-state index is -3.22. The van der Waals surface area contributed by atoms with Crippen LogP contribution in [0.5, 0.6) is 0 Å². The van der Waals surface area contributed by atoms with Crippen LogP contribution in [-0.4, -0.2) is 44.7 Å². The molecule has 0 aliphatic carbocycles. The van der Waals surface area contributed by atoms with Gasteiger partial charge in [-0.05, 0) is 24.6 Å². The largest absolute Gasteiger partial charge is 0.450 e. The van der Waals surface area contributed by atoms with E-state index in [4.69, 9.17) is 4.74 Å². The summed E-state index contributed by atoms with van der Waals surface area (Å²) in [5, 5.41) is 5.62. The highest BCUT2D eigenvalue weighted by Crippen LogP contribution is 2.14. The van der Waals surface area contributed by atoms with Crippen LogP contribution in [0.3, 0.4) is 0 Å². The molecule has 1 amide bonds. The molecule has 0 saturated carbocycles. The number of amides is 1. The van der Waals surface area contributed by atoms with Gasteiger partial charge < -0.3 is 15.4 Å². The van der Waals surface area contributed by atoms with Crippen molar-refractivity contribution >= 4 is 15.9 Å². The second-order valence-corrected chi connectivity index (χ2v) is 7.32. The Labute approximate surface area is 129 Å². The lowest BCUT2D eigenvalue weighted by molar-refractivity contribution is 0.147. The van der Waals surface area contributed by atoms with Crippen LogP contribution in [0.1, 0.15) is 12.5 Å². The minimum Gasteiger partial charge on any atom is -0.450 e. The first-order valence-electron chi connectivity index (χ1n) is 7.01. The van der Waals surface area contributed by atoms with E-state index in [0.717, 1.165) is 0 Å². The Kier molecular flexibility index (Phi) is 5.36. The SMILES string of the molecule is CCOC(=O)N[C@H]1CS(=O)(=O)C[C@H]1NCc1cccc(F)c1. The van der Waals surface area contributed by atoms with Crippen molar-refractivity contribution in [2.24, 2.45) is 0 Å². The van der Waals surface area contributed by atoms with Crippen LogP contribution in [0.25, 0.3) is 0 Å². The summed E-state index contributed by atoms with van der Waals surface area (Å²) in [6.45, 7) is 2.20. The van der Waals surface area contributed by atoms with Crippen LogP contribution < -0.4 is 10.6 Å². The van der Waals surface area contributed by atoms with Crippen LogP contribution in [0.4, 0.5) is 9.18 Å². The molecule has 8 heteroatoms. The Balaban J connectivity index is 1.98. The Morgan fingerprint density at radius 1 is 1.36 bits per heavy atom. The number of hydrogen-bond acceptors (Lipinski definition) is 5. The van der Waals surface area contributed by atoms with E-state index in [1.165, 1.54) is 12.1 Å². The van der Waals surface area contributed by atoms with Crippen molar-refractivity contribution in [3.63, 3.8) is 0 Å². The number of alkyl carbamates (subject to hydrolysis) is 1. The number of hydrogen-bond donors (Lipinski definition) is 2. The summed E-state index contributed by atoms with van der Waals surface area (Å²) in [6.07, 6.45) is -0.637. The van der Waals surface area contributed by atoms with Gasteiger partial charge >= 0.3 is 6.09 Å². The summed E-state index contributed by atoms with van der Waals surface area (Å²) >= 11 is 0. The maximum Gasteiger partial charge on any atom is 0.407 e. The smallest absolute Gasteiger partial charge is 0.407 e. The van der Waals surface area contributed by atoms with Gasteiger partial charge in [-0.2, -0.15) is 0 Å². The zero-order valence-corrected chi connectivity index (χ0v) is 13.0. The van der Waals surface area contributed by atoms with E-state index in [0.29, 0.717) is 12.1 Å². The Morgan fingerprint density at radius 3 is 2.77 bits per heavy atom. The van der Waals surface area contributed by atoms with Crippen LogP contribution in [-0.2, 0) is 21.1 Å². The molecule has 0 aromatic heterocycles. The fourth-order valence-electron chi connectivity index (χ4n) is 2.41. The van der Waals surface area contributed by atoms with Gasteiger partial charge in [0.05, 0.1) is 24.2 Å². The first-order valence-corrected chi connectivity index (χ1v) is 8.83. The Bertz CT molecular complexity index is 635. The molecule has 2 atom stereocenters. The van der Waals surface area contributed by atoms with E-state index < -0.39 is 28.0 Å². The normalized spacial score (nSPS) is 23.2. The van der Waals surface area contributed by atoms with Crippen molar-refractivity contribution in [1.29, 1.82) is 0 Å². The van der Waals surface area contributed by atoms with Gasteiger partial charge in [-0.15, -0.1) is 0 Å². The van der Waals surface area contributed by atoms with Crippen molar-refractivity contribution < 1.29 is 22.3 Å². The van der Waals surface area contributed by atoms with Gasteiger partial charge in [-0.25, -0.2) is 17.6 Å². The molecule has 0 bridgehead atoms. The van der Waals surface area contributed by atoms with Gasteiger partial charge in [0.15, 0.2) is 9.84 Å². The minimum absolute atomic E-state index is 0.0701. The summed E-state index contributed by atoms with van der Waals surface area (Å²) in [7, 11) is -3.22. The highest BCUT2D eigenvalue weighted by atomic mass is 32.2. The third kappa shape index (κ3) is 4.67. The first-order chi connectivity index (χ1) is 10.4. The summed E-state index contributed by atoms with van der Waals surface area (Å²) in [6, 6.07) is 5.06. The number of carbonyl (C=O) groups is 1. The van der Waals surface area contributed by atoms with Gasteiger partial charge in [0.25, 0.3) is 0 Å². The summed E-state index contributed by atoms with van der Waals surface area (Å²) in [5.74, 6) is -0.550. The zero-order valence-electron chi connectivity index (χ0n) is 12.2. The van der Waals surface area contributed by atoms with Crippen LogP contribution in [0.15, 0.2) is 24.3 Å². The molecule has 1 fully saturated rings. The first kappa shape index (κ1) is 16.7. The summed E-state index contributed by atoms with van der Waals surface area (Å²) in [4.78, 5) is 11.5. The summed E-state index contributed by atoms with van der Waals surface area (Å²) in [5.41, 5.74) is 0.708. The quantitative estimate of drug-likeness (QED) is 0.835. The molecule has 0 spiro atoms. The number of ether oxygens (including phenoxy) is 1. The molecule has 0 unspecified atom stereocenters. The van der Waals surface area contributed by atoms with E-state index >= 15 is 0 Å². The highest BCUT2D eigenvalue weighted by molar-refractivity contribution is 7.91. The van der Waals surface area contributed by atoms with Crippen LogP contribution >= 0.6 is 0 Å². The summed E-state index contributed by atoms with van der Waals surface area (Å²) < 4.78 is 41.4. The van der Waals surface area contributed by atoms with Gasteiger partial charge in [-0.3, -0.25) is 0 Å². The molecule has 1 aliphatic heterocycles. The highest BCUT2D eigenvalue weighted by Gasteiger charge is 2.38. The molecule has 22 heavy (non-hydrogen) atoms. The van der Waals surface area contributed by atoms with Crippen molar-refractivity contribution in [3.8, 4) is 0 Å². The van der Waals surface area contributed by atoms with Gasteiger partial charge in [0.1, 0.15) is 5.82 Å². The lowest BCUT2D eigenvalue weighted by Crippen LogP contribution is -2.49. The lowest BCUT2D eigenvalue weighted by Gasteiger charge is -2.20. The van der Waals surface area contributed by atoms with E-state index in [1.54, 1.807) is 19.1 Å². The molecule has 122 valence electrons. The molecule has 0 radical (unpaired) electrons. The number of nitrogens with one attached hydrogen (secondary N) is 2. The average molecular weight is 330 g/mol. The monoisotopic (exact) mass is 330 g/mol. The molecular weight excluding hydrogens is 311 g/mol. The van der Waals surface area contributed by atoms with E-state index in [2.05, 4.69) is 10.6 Å². The van der Waals surface area contributed by atoms with Crippen LogP contribution in [0, 0.1) is 5.82 Å². The van der Waals surface area contributed by atoms with Crippen molar-refractivity contribution in [2.45, 2.75) is 25.6 Å². The molecule has 1 heterocycles. The fourth-order valence-corrected chi connectivity index (χ4v) is 4.31. The predicted molar refractivity (Wildman–Crippen MR) is 79.6 cm³/mol. The zero-order chi connectivity index (χ0) is 16.2. The molecule has 1 aromatic carbocycles. The Morgan fingerprint density at radius 2 is 2.09 bits per heavy atom. The number of sulfone groups is 1. The maximum atomic E-state index is 13.1. The van der Waals surface area contributed by atoms with Crippen molar-refractivity contribution in [2.75, 3.05) is 18.1 Å². The van der Waals surface area contributed by atoms with E-state index in [1.807, 2.05) is 0 Å². The standard InChI is InChI=1S/C14H19FN2O4S/c1-2-21-14(18)17-13-9-22(19,20)8-12(13)16-7-10-4-3-5-11(15)6-10/h3-6,12-13,16H,2,7-9H2,1H3,(H,17,18)/t12-,13+/m1/s1. The molecule has 2 N–H and O–H groups in total. The Hall–Kier alpha value is -1.67. The number of halogens is 1. The second kappa shape index (κ2) is 7.06. The number of rotatable bonds is 5. The predicted octanol–water partition coefficient (Wildman–Crippen LogP) is 0.827. The molecule has 6 nitrogen and oxygen atoms in total. The topological polar surface area (TPSA) is 84.5 Å². The molecule has 1 aliphatic rings. The lowest BCUT2D eigenvalue weighted by atomic mass is 10.1. The molecule has 1 saturated heterocycles. The number of benzene rings is 1. The third-order valence-electron chi connectivity index (χ3n) is 3.39. The van der Waals surface area contributed by atoms with Gasteiger partial charge in [0.2, 0.25) is 0 Å². The third-order valence-corrected chi connectivity index (χ3v) is 5.12. The van der Waals surface area contributed by atoms with Gasteiger partial charge in [0, 0.05) is 12.6 Å². The molecule has 2 rings (SSSR count). The van der Waals surface area contributed by atoms with Gasteiger partial charge in [-0.1, -0.05) is 12.1 Å². The fraction of sp³-hybridized carbons (Fsp3) is 0.500.